The van der Waals surface area contributed by atoms with E-state index >= 15 is 0 Å². The summed E-state index contributed by atoms with van der Waals surface area (Å²) in [5, 5.41) is 21.3. The lowest BCUT2D eigenvalue weighted by Gasteiger charge is -2.22. The van der Waals surface area contributed by atoms with Gasteiger partial charge in [-0.05, 0) is 11.8 Å². The second-order valence-electron chi connectivity index (χ2n) is 2.45. The number of thioether (sulfide) groups is 1. The Labute approximate surface area is 86.4 Å². The highest BCUT2D eigenvalue weighted by molar-refractivity contribution is 8.03. The smallest absolute Gasteiger partial charge is 0.0584 e. The van der Waals surface area contributed by atoms with Crippen LogP contribution in [0.25, 0.3) is 0 Å². The Bertz CT molecular complexity index is 286. The molecular formula is C8H10ClN2OS-. The lowest BCUT2D eigenvalue weighted by Crippen LogP contribution is -2.32. The van der Waals surface area contributed by atoms with Crippen molar-refractivity contribution in [1.82, 2.24) is 5.32 Å². The van der Waals surface area contributed by atoms with Gasteiger partial charge in [-0.15, -0.1) is 11.8 Å². The van der Waals surface area contributed by atoms with E-state index in [4.69, 9.17) is 17.0 Å². The van der Waals surface area contributed by atoms with Crippen molar-refractivity contribution >= 4 is 29.3 Å². The highest BCUT2D eigenvalue weighted by atomic mass is 35.5. The molecule has 0 aromatic heterocycles. The Morgan fingerprint density at radius 1 is 1.85 bits per heavy atom. The minimum absolute atomic E-state index is 0.358. The fourth-order valence-corrected chi connectivity index (χ4v) is 2.07. The zero-order valence-electron chi connectivity index (χ0n) is 7.19. The number of hydrogen-bond acceptors (Lipinski definition) is 4. The van der Waals surface area contributed by atoms with E-state index in [9.17, 15) is 5.11 Å². The number of dihydropyridines is 1. The normalized spacial score (nSPS) is 16.6. The van der Waals surface area contributed by atoms with E-state index in [1.165, 1.54) is 11.8 Å². The van der Waals surface area contributed by atoms with E-state index in [2.05, 4.69) is 5.32 Å². The maximum Gasteiger partial charge on any atom is 0.0584 e. The van der Waals surface area contributed by atoms with Crippen LogP contribution in [0.5, 0.6) is 0 Å². The Balaban J connectivity index is 2.94. The van der Waals surface area contributed by atoms with Crippen molar-refractivity contribution in [3.05, 3.63) is 21.7 Å². The molecule has 0 radical (unpaired) electrons. The molecular weight excluding hydrogens is 208 g/mol. The van der Waals surface area contributed by atoms with Crippen molar-refractivity contribution < 1.29 is 5.11 Å². The zero-order chi connectivity index (χ0) is 9.84. The summed E-state index contributed by atoms with van der Waals surface area (Å²) < 4.78 is 0. The van der Waals surface area contributed by atoms with Crippen molar-refractivity contribution in [2.75, 3.05) is 12.3 Å². The van der Waals surface area contributed by atoms with Crippen molar-refractivity contribution in [1.29, 1.82) is 5.41 Å². The van der Waals surface area contributed by atoms with Gasteiger partial charge in [-0.2, -0.15) is 0 Å². The molecule has 72 valence electrons. The van der Waals surface area contributed by atoms with Crippen molar-refractivity contribution in [3.8, 4) is 0 Å². The molecule has 0 unspecified atom stereocenters. The van der Waals surface area contributed by atoms with Gasteiger partial charge in [0.25, 0.3) is 0 Å². The SMILES string of the molecule is CCSC1=C(C(=N)[O-])NCC(Cl)=C1. The monoisotopic (exact) mass is 217 g/mol. The Morgan fingerprint density at radius 3 is 3.08 bits per heavy atom. The van der Waals surface area contributed by atoms with Crippen LogP contribution in [-0.4, -0.2) is 18.2 Å². The maximum atomic E-state index is 10.9. The van der Waals surface area contributed by atoms with Gasteiger partial charge in [-0.1, -0.05) is 18.5 Å². The first kappa shape index (κ1) is 10.5. The molecule has 0 amide bonds. The summed E-state index contributed by atoms with van der Waals surface area (Å²) in [5.74, 6) is 0.172. The molecule has 2 N–H and O–H groups in total. The molecule has 1 aliphatic heterocycles. The fourth-order valence-electron chi connectivity index (χ4n) is 0.987. The number of allylic oxidation sites excluding steroid dienone is 1. The van der Waals surface area contributed by atoms with Gasteiger partial charge < -0.3 is 15.8 Å². The van der Waals surface area contributed by atoms with E-state index in [0.717, 1.165) is 10.7 Å². The minimum atomic E-state index is -0.684. The van der Waals surface area contributed by atoms with Gasteiger partial charge in [0.2, 0.25) is 0 Å². The predicted octanol–water partition coefficient (Wildman–Crippen LogP) is 1.01. The summed E-state index contributed by atoms with van der Waals surface area (Å²) in [6.07, 6.45) is 1.74. The quantitative estimate of drug-likeness (QED) is 0.548. The molecule has 5 heteroatoms. The highest BCUT2D eigenvalue weighted by Gasteiger charge is 2.10. The number of halogens is 1. The molecule has 0 spiro atoms. The van der Waals surface area contributed by atoms with Gasteiger partial charge in [0, 0.05) is 15.8 Å². The minimum Gasteiger partial charge on any atom is -0.858 e. The highest BCUT2D eigenvalue weighted by Crippen LogP contribution is 2.25. The lowest BCUT2D eigenvalue weighted by atomic mass is 10.3. The zero-order valence-corrected chi connectivity index (χ0v) is 8.76. The second kappa shape index (κ2) is 4.58. The molecule has 0 atom stereocenters. The molecule has 1 aliphatic rings. The standard InChI is InChI=1S/C8H11ClN2OS/c1-2-13-6-3-5(9)4-11-7(6)8(10)12/h3,11H,2,4H2,1H3,(H2,10,12)/p-1. The molecule has 13 heavy (non-hydrogen) atoms. The number of hydrogen-bond donors (Lipinski definition) is 2. The molecule has 1 heterocycles. The summed E-state index contributed by atoms with van der Waals surface area (Å²) in [4.78, 5) is 0.763. The molecule has 0 bridgehead atoms. The molecule has 1 rings (SSSR count). The van der Waals surface area contributed by atoms with Crippen LogP contribution in [0, 0.1) is 5.41 Å². The van der Waals surface area contributed by atoms with Gasteiger partial charge in [-0.3, -0.25) is 0 Å². The molecule has 0 aromatic carbocycles. The van der Waals surface area contributed by atoms with E-state index in [0.29, 0.717) is 17.3 Å². The van der Waals surface area contributed by atoms with Crippen molar-refractivity contribution in [3.63, 3.8) is 0 Å². The molecule has 0 aromatic rings. The van der Waals surface area contributed by atoms with E-state index in [-0.39, 0.29) is 0 Å². The largest absolute Gasteiger partial charge is 0.858 e. The lowest BCUT2D eigenvalue weighted by molar-refractivity contribution is -0.215. The topological polar surface area (TPSA) is 58.9 Å². The third-order valence-electron chi connectivity index (χ3n) is 1.50. The molecule has 3 nitrogen and oxygen atoms in total. The summed E-state index contributed by atoms with van der Waals surface area (Å²) in [7, 11) is 0. The van der Waals surface area contributed by atoms with Gasteiger partial charge in [0.15, 0.2) is 0 Å². The maximum absolute atomic E-state index is 10.9. The van der Waals surface area contributed by atoms with Crippen LogP contribution < -0.4 is 10.4 Å². The van der Waals surface area contributed by atoms with Gasteiger partial charge in [0.1, 0.15) is 0 Å². The summed E-state index contributed by atoms with van der Waals surface area (Å²) in [5.41, 5.74) is 0.358. The second-order valence-corrected chi connectivity index (χ2v) is 4.24. The third kappa shape index (κ3) is 2.67. The first-order valence-electron chi connectivity index (χ1n) is 3.88. The van der Waals surface area contributed by atoms with Crippen molar-refractivity contribution in [2.24, 2.45) is 0 Å². The molecule has 0 saturated carbocycles. The summed E-state index contributed by atoms with van der Waals surface area (Å²) >= 11 is 7.30. The number of rotatable bonds is 3. The van der Waals surface area contributed by atoms with Crippen LogP contribution in [0.4, 0.5) is 0 Å². The Kier molecular flexibility index (Phi) is 3.69. The van der Waals surface area contributed by atoms with Crippen LogP contribution in [-0.2, 0) is 0 Å². The average molecular weight is 218 g/mol. The average Bonchev–Trinajstić information content (AvgIpc) is 2.04. The van der Waals surface area contributed by atoms with Crippen LogP contribution in [0.1, 0.15) is 6.92 Å². The molecule has 0 fully saturated rings. The molecule has 0 saturated heterocycles. The van der Waals surface area contributed by atoms with Crippen LogP contribution in [0.2, 0.25) is 0 Å². The predicted molar refractivity (Wildman–Crippen MR) is 54.8 cm³/mol. The Hall–Kier alpha value is -0.610. The van der Waals surface area contributed by atoms with Gasteiger partial charge >= 0.3 is 0 Å². The van der Waals surface area contributed by atoms with E-state index in [1.54, 1.807) is 6.08 Å². The number of nitrogens with one attached hydrogen (secondary N) is 2. The van der Waals surface area contributed by atoms with Crippen LogP contribution in [0.15, 0.2) is 21.7 Å². The Morgan fingerprint density at radius 2 is 2.54 bits per heavy atom. The first-order chi connectivity index (χ1) is 6.15. The fraction of sp³-hybridized carbons (Fsp3) is 0.375. The van der Waals surface area contributed by atoms with E-state index < -0.39 is 5.90 Å². The van der Waals surface area contributed by atoms with Gasteiger partial charge in [0.05, 0.1) is 12.2 Å². The van der Waals surface area contributed by atoms with Crippen molar-refractivity contribution in [2.45, 2.75) is 6.92 Å². The van der Waals surface area contributed by atoms with E-state index in [1.807, 2.05) is 6.92 Å². The van der Waals surface area contributed by atoms with Crippen LogP contribution in [0.3, 0.4) is 0 Å². The van der Waals surface area contributed by atoms with Gasteiger partial charge in [-0.25, -0.2) is 0 Å². The summed E-state index contributed by atoms with van der Waals surface area (Å²) in [6, 6.07) is 0. The first-order valence-corrected chi connectivity index (χ1v) is 5.24. The third-order valence-corrected chi connectivity index (χ3v) is 2.66. The summed E-state index contributed by atoms with van der Waals surface area (Å²) in [6.45, 7) is 2.43. The van der Waals surface area contributed by atoms with Crippen LogP contribution >= 0.6 is 23.4 Å². The molecule has 0 aliphatic carbocycles.